The lowest BCUT2D eigenvalue weighted by atomic mass is 10.1. The summed E-state index contributed by atoms with van der Waals surface area (Å²) in [6, 6.07) is 11.0. The van der Waals surface area contributed by atoms with Gasteiger partial charge >= 0.3 is 0 Å². The topological polar surface area (TPSA) is 122 Å². The molecule has 0 aliphatic carbocycles. The van der Waals surface area contributed by atoms with E-state index in [4.69, 9.17) is 0 Å². The minimum Gasteiger partial charge on any atom is -0.295 e. The Morgan fingerprint density at radius 3 is 2.53 bits per heavy atom. The Balaban J connectivity index is 1.88. The largest absolute Gasteiger partial charge is 0.295 e. The van der Waals surface area contributed by atoms with Gasteiger partial charge in [0.05, 0.1) is 21.9 Å². The Hall–Kier alpha value is -4.01. The van der Waals surface area contributed by atoms with E-state index in [9.17, 15) is 19.7 Å². The van der Waals surface area contributed by atoms with Crippen molar-refractivity contribution in [2.75, 3.05) is 0 Å². The van der Waals surface area contributed by atoms with Crippen molar-refractivity contribution < 1.29 is 9.72 Å². The zero-order valence-corrected chi connectivity index (χ0v) is 17.0. The number of nitrogens with one attached hydrogen (secondary N) is 2. The van der Waals surface area contributed by atoms with Crippen LogP contribution in [0.25, 0.3) is 5.69 Å². The van der Waals surface area contributed by atoms with Gasteiger partial charge in [0.2, 0.25) is 0 Å². The van der Waals surface area contributed by atoms with Crippen LogP contribution in [0.1, 0.15) is 39.7 Å². The van der Waals surface area contributed by atoms with E-state index in [-0.39, 0.29) is 16.8 Å². The summed E-state index contributed by atoms with van der Waals surface area (Å²) in [6.07, 6.45) is 0. The van der Waals surface area contributed by atoms with Crippen molar-refractivity contribution in [1.82, 2.24) is 15.2 Å². The fourth-order valence-electron chi connectivity index (χ4n) is 3.03. The van der Waals surface area contributed by atoms with Gasteiger partial charge in [-0.1, -0.05) is 12.1 Å². The Kier molecular flexibility index (Phi) is 5.63. The van der Waals surface area contributed by atoms with Gasteiger partial charge in [0.15, 0.2) is 0 Å². The first kappa shape index (κ1) is 20.7. The first-order chi connectivity index (χ1) is 14.2. The van der Waals surface area contributed by atoms with E-state index >= 15 is 0 Å². The summed E-state index contributed by atoms with van der Waals surface area (Å²) in [5, 5.41) is 17.9. The molecule has 3 aromatic rings. The average molecular weight is 407 g/mol. The molecule has 0 bridgehead atoms. The summed E-state index contributed by atoms with van der Waals surface area (Å²) in [7, 11) is 0. The highest BCUT2D eigenvalue weighted by molar-refractivity contribution is 6.01. The van der Waals surface area contributed by atoms with Crippen LogP contribution in [0.4, 0.5) is 5.69 Å². The molecule has 1 heterocycles. The Morgan fingerprint density at radius 2 is 1.87 bits per heavy atom. The number of nitro groups is 1. The zero-order valence-electron chi connectivity index (χ0n) is 17.0. The van der Waals surface area contributed by atoms with Crippen LogP contribution in [0.5, 0.6) is 0 Å². The number of carbonyl (C=O) groups excluding carboxylic acids is 1. The molecule has 0 atom stereocenters. The van der Waals surface area contributed by atoms with E-state index in [0.717, 1.165) is 17.2 Å². The van der Waals surface area contributed by atoms with Crippen molar-refractivity contribution >= 4 is 17.3 Å². The van der Waals surface area contributed by atoms with Crippen molar-refractivity contribution in [3.05, 3.63) is 90.9 Å². The number of carbonyl (C=O) groups is 1. The van der Waals surface area contributed by atoms with Crippen LogP contribution in [-0.4, -0.2) is 26.3 Å². The van der Waals surface area contributed by atoms with Crippen LogP contribution < -0.4 is 11.0 Å². The number of aromatic amines is 1. The molecule has 9 heteroatoms. The van der Waals surface area contributed by atoms with E-state index < -0.39 is 10.8 Å². The lowest BCUT2D eigenvalue weighted by Gasteiger charge is -2.05. The second-order valence-corrected chi connectivity index (χ2v) is 6.97. The van der Waals surface area contributed by atoms with Crippen molar-refractivity contribution in [2.45, 2.75) is 27.7 Å². The van der Waals surface area contributed by atoms with E-state index in [1.165, 1.54) is 22.9 Å². The molecule has 0 saturated carbocycles. The molecule has 154 valence electrons. The van der Waals surface area contributed by atoms with Crippen molar-refractivity contribution in [1.29, 1.82) is 0 Å². The highest BCUT2D eigenvalue weighted by Crippen LogP contribution is 2.14. The van der Waals surface area contributed by atoms with Gasteiger partial charge in [-0.05, 0) is 57.0 Å². The van der Waals surface area contributed by atoms with Gasteiger partial charge in [0.1, 0.15) is 0 Å². The Labute approximate surface area is 172 Å². The Bertz CT molecular complexity index is 1240. The van der Waals surface area contributed by atoms with Gasteiger partial charge < -0.3 is 0 Å². The first-order valence-corrected chi connectivity index (χ1v) is 9.17. The van der Waals surface area contributed by atoms with Crippen LogP contribution >= 0.6 is 0 Å². The summed E-state index contributed by atoms with van der Waals surface area (Å²) in [4.78, 5) is 35.5. The molecule has 0 aliphatic heterocycles. The fraction of sp³-hybridized carbons (Fsp3) is 0.190. The predicted molar refractivity (Wildman–Crippen MR) is 113 cm³/mol. The third-order valence-electron chi connectivity index (χ3n) is 4.83. The number of hydrogen-bond donors (Lipinski definition) is 2. The maximum atomic E-state index is 12.9. The molecule has 9 nitrogen and oxygen atoms in total. The van der Waals surface area contributed by atoms with Gasteiger partial charge in [-0.2, -0.15) is 5.10 Å². The minimum absolute atomic E-state index is 0.0964. The third kappa shape index (κ3) is 4.04. The number of rotatable bonds is 5. The summed E-state index contributed by atoms with van der Waals surface area (Å²) < 4.78 is 1.43. The Morgan fingerprint density at radius 1 is 1.13 bits per heavy atom. The summed E-state index contributed by atoms with van der Waals surface area (Å²) >= 11 is 0. The van der Waals surface area contributed by atoms with E-state index in [0.29, 0.717) is 22.7 Å². The third-order valence-corrected chi connectivity index (χ3v) is 4.83. The van der Waals surface area contributed by atoms with Gasteiger partial charge in [0, 0.05) is 23.4 Å². The molecular formula is C21H21N5O4. The molecule has 0 fully saturated rings. The maximum absolute atomic E-state index is 12.9. The molecule has 0 radical (unpaired) electrons. The molecule has 2 aromatic carbocycles. The molecule has 2 N–H and O–H groups in total. The summed E-state index contributed by atoms with van der Waals surface area (Å²) in [5.74, 6) is -0.610. The fourth-order valence-corrected chi connectivity index (χ4v) is 3.03. The van der Waals surface area contributed by atoms with Gasteiger partial charge in [0.25, 0.3) is 17.2 Å². The minimum atomic E-state index is -0.610. The number of non-ortho nitro benzene ring substituents is 1. The molecule has 1 aromatic heterocycles. The number of nitro benzene ring substituents is 1. The number of nitrogens with zero attached hydrogens (tertiary/aromatic N) is 3. The monoisotopic (exact) mass is 407 g/mol. The quantitative estimate of drug-likeness (QED) is 0.383. The standard InChI is InChI=1S/C21H21N5O4/c1-12-8-9-17(10-13(12)2)25-21(28)19(15(4)24-25)14(3)22-23-20(27)16-6-5-7-18(11-16)26(29)30/h5-11,24H,1-4H3,(H,23,27)/b22-14+. The second kappa shape index (κ2) is 8.16. The molecule has 0 aliphatic rings. The van der Waals surface area contributed by atoms with E-state index in [2.05, 4.69) is 15.6 Å². The number of amides is 1. The predicted octanol–water partition coefficient (Wildman–Crippen LogP) is 3.15. The van der Waals surface area contributed by atoms with Crippen molar-refractivity contribution in [2.24, 2.45) is 5.10 Å². The lowest BCUT2D eigenvalue weighted by Crippen LogP contribution is -2.23. The smallest absolute Gasteiger partial charge is 0.280 e. The molecule has 0 saturated heterocycles. The van der Waals surface area contributed by atoms with Crippen LogP contribution in [0.15, 0.2) is 52.4 Å². The highest BCUT2D eigenvalue weighted by atomic mass is 16.6. The van der Waals surface area contributed by atoms with Crippen LogP contribution in [0.3, 0.4) is 0 Å². The highest BCUT2D eigenvalue weighted by Gasteiger charge is 2.16. The molecule has 0 spiro atoms. The molecule has 30 heavy (non-hydrogen) atoms. The lowest BCUT2D eigenvalue weighted by molar-refractivity contribution is -0.384. The molecule has 0 unspecified atom stereocenters. The van der Waals surface area contributed by atoms with Crippen molar-refractivity contribution in [3.8, 4) is 5.69 Å². The number of H-pyrrole nitrogens is 1. The van der Waals surface area contributed by atoms with E-state index in [1.807, 2.05) is 32.0 Å². The van der Waals surface area contributed by atoms with Crippen LogP contribution in [0, 0.1) is 30.9 Å². The first-order valence-electron chi connectivity index (χ1n) is 9.17. The van der Waals surface area contributed by atoms with Crippen molar-refractivity contribution in [3.63, 3.8) is 0 Å². The molecular weight excluding hydrogens is 386 g/mol. The number of hydrogen-bond acceptors (Lipinski definition) is 5. The zero-order chi connectivity index (χ0) is 22.0. The maximum Gasteiger partial charge on any atom is 0.280 e. The van der Waals surface area contributed by atoms with Gasteiger partial charge in [-0.25, -0.2) is 10.1 Å². The average Bonchev–Trinajstić information content (AvgIpc) is 3.02. The van der Waals surface area contributed by atoms with Gasteiger partial charge in [-0.3, -0.25) is 24.8 Å². The second-order valence-electron chi connectivity index (χ2n) is 6.97. The van der Waals surface area contributed by atoms with Gasteiger partial charge in [-0.15, -0.1) is 0 Å². The number of aryl methyl sites for hydroxylation is 3. The molecule has 1 amide bonds. The van der Waals surface area contributed by atoms with Crippen LogP contribution in [0.2, 0.25) is 0 Å². The summed E-state index contributed by atoms with van der Waals surface area (Å²) in [5.41, 5.74) is 6.10. The van der Waals surface area contributed by atoms with E-state index in [1.54, 1.807) is 13.8 Å². The normalized spacial score (nSPS) is 11.4. The molecule has 3 rings (SSSR count). The number of hydrazone groups is 1. The summed E-state index contributed by atoms with van der Waals surface area (Å²) in [6.45, 7) is 7.32. The number of benzene rings is 2. The van der Waals surface area contributed by atoms with Crippen LogP contribution in [-0.2, 0) is 0 Å². The number of aromatic nitrogens is 2. The SMILES string of the molecule is C/C(=N\NC(=O)c1cccc([N+](=O)[O-])c1)c1c(C)[nH]n(-c2ccc(C)c(C)c2)c1=O.